The van der Waals surface area contributed by atoms with Crippen molar-refractivity contribution in [2.24, 2.45) is 0 Å². The third kappa shape index (κ3) is 5.27. The molecule has 0 radical (unpaired) electrons. The fourth-order valence-electron chi connectivity index (χ4n) is 4.50. The molecule has 0 bridgehead atoms. The van der Waals surface area contributed by atoms with Crippen molar-refractivity contribution < 1.29 is 9.47 Å². The Balaban J connectivity index is 1.67. The maximum absolute atomic E-state index is 9.34. The monoisotopic (exact) mass is 503 g/mol. The number of nitriles is 1. The van der Waals surface area contributed by atoms with Gasteiger partial charge in [0, 0.05) is 29.1 Å². The number of morpholine rings is 1. The van der Waals surface area contributed by atoms with E-state index in [1.807, 2.05) is 31.2 Å². The molecule has 182 valence electrons. The molecule has 5 rings (SSSR count). The van der Waals surface area contributed by atoms with E-state index in [4.69, 9.17) is 16.0 Å². The summed E-state index contributed by atoms with van der Waals surface area (Å²) in [4.78, 5) is 6.88. The highest BCUT2D eigenvalue weighted by atomic mass is 32.1. The zero-order chi connectivity index (χ0) is 25.6. The number of nitrogens with zero attached hydrogens (tertiary/aromatic N) is 3. The summed E-state index contributed by atoms with van der Waals surface area (Å²) in [6, 6.07) is 23.0. The zero-order valence-electron chi connectivity index (χ0n) is 20.5. The van der Waals surface area contributed by atoms with Gasteiger partial charge in [0.05, 0.1) is 25.9 Å². The van der Waals surface area contributed by atoms with E-state index in [-0.39, 0.29) is 5.70 Å². The van der Waals surface area contributed by atoms with Crippen LogP contribution in [0.4, 0.5) is 5.00 Å². The molecule has 3 heterocycles. The van der Waals surface area contributed by atoms with E-state index < -0.39 is 0 Å². The van der Waals surface area contributed by atoms with Crippen molar-refractivity contribution >= 4 is 22.4 Å². The second kappa shape index (κ2) is 11.1. The number of hydrogen-bond acceptors (Lipinski definition) is 5. The van der Waals surface area contributed by atoms with Crippen LogP contribution >= 0.6 is 11.3 Å². The lowest BCUT2D eigenvalue weighted by Crippen LogP contribution is -2.35. The van der Waals surface area contributed by atoms with Crippen LogP contribution in [0.25, 0.3) is 33.2 Å². The number of hydrogen-bond donors (Lipinski definition) is 0. The summed E-state index contributed by atoms with van der Waals surface area (Å²) in [6.07, 6.45) is 7.47. The van der Waals surface area contributed by atoms with Crippen LogP contribution in [0.1, 0.15) is 11.8 Å². The van der Waals surface area contributed by atoms with Gasteiger partial charge in [0.2, 0.25) is 0 Å². The molecule has 0 unspecified atom stereocenters. The fourth-order valence-corrected chi connectivity index (χ4v) is 5.80. The van der Waals surface area contributed by atoms with Gasteiger partial charge in [-0.05, 0) is 47.9 Å². The highest BCUT2D eigenvalue weighted by Gasteiger charge is 2.25. The van der Waals surface area contributed by atoms with Crippen LogP contribution in [0, 0.1) is 17.9 Å². The predicted octanol–water partition coefficient (Wildman–Crippen LogP) is 7.45. The first-order valence-electron chi connectivity index (χ1n) is 12.1. The summed E-state index contributed by atoms with van der Waals surface area (Å²) in [6.45, 7) is 12.2. The minimum absolute atomic E-state index is 0.0515. The van der Waals surface area contributed by atoms with Gasteiger partial charge in [-0.15, -0.1) is 11.3 Å². The van der Waals surface area contributed by atoms with E-state index in [1.54, 1.807) is 23.5 Å². The van der Waals surface area contributed by atoms with E-state index in [1.165, 1.54) is 21.7 Å². The van der Waals surface area contributed by atoms with E-state index >= 15 is 0 Å². The van der Waals surface area contributed by atoms with Gasteiger partial charge in [-0.2, -0.15) is 0 Å². The first kappa shape index (κ1) is 24.3. The third-order valence-electron chi connectivity index (χ3n) is 6.17. The molecule has 2 aliphatic rings. The normalized spacial score (nSPS) is 16.9. The average molecular weight is 504 g/mol. The SMILES string of the molecule is [C-]#[N+]/C(C#N)=C1\C=C(C)OC(/C=C/c2sc(N3CCOCC3)c(-c3ccccc3)c2-c2ccccc2)=C1. The number of ether oxygens (including phenoxy) is 2. The molecule has 1 saturated heterocycles. The largest absolute Gasteiger partial charge is 0.462 e. The zero-order valence-corrected chi connectivity index (χ0v) is 21.3. The van der Waals surface area contributed by atoms with Crippen molar-refractivity contribution in [3.8, 4) is 28.3 Å². The van der Waals surface area contributed by atoms with Crippen molar-refractivity contribution in [2.75, 3.05) is 31.2 Å². The van der Waals surface area contributed by atoms with Gasteiger partial charge in [0.15, 0.2) is 0 Å². The maximum atomic E-state index is 9.34. The highest BCUT2D eigenvalue weighted by Crippen LogP contribution is 2.49. The van der Waals surface area contributed by atoms with Crippen molar-refractivity contribution in [2.45, 2.75) is 6.92 Å². The second-order valence-electron chi connectivity index (χ2n) is 8.62. The molecule has 0 saturated carbocycles. The van der Waals surface area contributed by atoms with E-state index in [9.17, 15) is 5.26 Å². The quantitative estimate of drug-likeness (QED) is 0.268. The minimum Gasteiger partial charge on any atom is -0.462 e. The van der Waals surface area contributed by atoms with Crippen molar-refractivity contribution in [3.05, 3.63) is 118 Å². The smallest absolute Gasteiger partial charge is 0.269 e. The lowest BCUT2D eigenvalue weighted by atomic mass is 9.95. The molecule has 1 aromatic heterocycles. The Morgan fingerprint density at radius 3 is 2.24 bits per heavy atom. The van der Waals surface area contributed by atoms with Gasteiger partial charge < -0.3 is 14.4 Å². The van der Waals surface area contributed by atoms with Crippen LogP contribution in [0.15, 0.2) is 102 Å². The summed E-state index contributed by atoms with van der Waals surface area (Å²) >= 11 is 1.76. The topological polar surface area (TPSA) is 49.8 Å². The van der Waals surface area contributed by atoms with Gasteiger partial charge in [-0.25, -0.2) is 10.1 Å². The molecule has 5 nitrogen and oxygen atoms in total. The predicted molar refractivity (Wildman–Crippen MR) is 149 cm³/mol. The summed E-state index contributed by atoms with van der Waals surface area (Å²) in [5.41, 5.74) is 5.32. The van der Waals surface area contributed by atoms with Gasteiger partial charge in [0.25, 0.3) is 5.70 Å². The number of rotatable bonds is 5. The Bertz CT molecular complexity index is 1480. The summed E-state index contributed by atoms with van der Waals surface area (Å²) in [7, 11) is 0. The molecule has 0 atom stereocenters. The molecule has 0 N–H and O–H groups in total. The summed E-state index contributed by atoms with van der Waals surface area (Å²) in [5, 5.41) is 10.6. The summed E-state index contributed by atoms with van der Waals surface area (Å²) < 4.78 is 11.6. The van der Waals surface area contributed by atoms with Gasteiger partial charge in [0.1, 0.15) is 16.5 Å². The van der Waals surface area contributed by atoms with Crippen LogP contribution in [0.2, 0.25) is 0 Å². The average Bonchev–Trinajstić information content (AvgIpc) is 3.33. The lowest BCUT2D eigenvalue weighted by Gasteiger charge is -2.29. The van der Waals surface area contributed by atoms with E-state index in [0.717, 1.165) is 23.5 Å². The number of allylic oxidation sites excluding steroid dienone is 6. The van der Waals surface area contributed by atoms with Crippen molar-refractivity contribution in [3.63, 3.8) is 0 Å². The molecule has 6 heteroatoms. The molecule has 1 fully saturated rings. The lowest BCUT2D eigenvalue weighted by molar-refractivity contribution is 0.123. The van der Waals surface area contributed by atoms with Gasteiger partial charge in [-0.3, -0.25) is 0 Å². The Morgan fingerprint density at radius 2 is 1.62 bits per heavy atom. The first-order chi connectivity index (χ1) is 18.2. The van der Waals surface area contributed by atoms with Gasteiger partial charge in [-0.1, -0.05) is 60.7 Å². The molecule has 2 aromatic carbocycles. The number of benzene rings is 2. The highest BCUT2D eigenvalue weighted by molar-refractivity contribution is 7.18. The Morgan fingerprint density at radius 1 is 0.973 bits per heavy atom. The standard InChI is InChI=1S/C31H25N3O2S/c1-22-19-25(27(21-32)33-2)20-26(36-22)13-14-28-29(23-9-5-3-6-10-23)30(24-11-7-4-8-12-24)31(37-28)34-15-17-35-18-16-34/h3-14,19-20H,15-18H2,1H3/b14-13+,27-25+. The fraction of sp³-hybridized carbons (Fsp3) is 0.161. The van der Waals surface area contributed by atoms with E-state index in [0.29, 0.717) is 30.3 Å². The third-order valence-corrected chi connectivity index (χ3v) is 7.38. The van der Waals surface area contributed by atoms with Crippen LogP contribution in [-0.4, -0.2) is 26.3 Å². The Hall–Kier alpha value is -4.36. The first-order valence-corrected chi connectivity index (χ1v) is 12.9. The molecule has 0 spiro atoms. The summed E-state index contributed by atoms with van der Waals surface area (Å²) in [5.74, 6) is 1.23. The van der Waals surface area contributed by atoms with Crippen molar-refractivity contribution in [1.82, 2.24) is 0 Å². The number of anilines is 1. The second-order valence-corrected chi connectivity index (χ2v) is 9.65. The number of thiophene rings is 1. The van der Waals surface area contributed by atoms with Crippen LogP contribution < -0.4 is 4.90 Å². The van der Waals surface area contributed by atoms with Crippen molar-refractivity contribution in [1.29, 1.82) is 5.26 Å². The molecular weight excluding hydrogens is 478 g/mol. The van der Waals surface area contributed by atoms with Crippen LogP contribution in [-0.2, 0) is 9.47 Å². The molecule has 37 heavy (non-hydrogen) atoms. The molecule has 2 aliphatic heterocycles. The van der Waals surface area contributed by atoms with E-state index in [2.05, 4.69) is 64.4 Å². The van der Waals surface area contributed by atoms with Crippen LogP contribution in [0.3, 0.4) is 0 Å². The molecule has 3 aromatic rings. The molecule has 0 amide bonds. The van der Waals surface area contributed by atoms with Crippen LogP contribution in [0.5, 0.6) is 0 Å². The molecule has 0 aliphatic carbocycles. The Labute approximate surface area is 221 Å². The maximum Gasteiger partial charge on any atom is 0.269 e. The minimum atomic E-state index is 0.0515. The Kier molecular flexibility index (Phi) is 7.33. The molecular formula is C31H25N3O2S. The van der Waals surface area contributed by atoms with Gasteiger partial charge >= 0.3 is 0 Å².